The number of ether oxygens (including phenoxy) is 2. The summed E-state index contributed by atoms with van der Waals surface area (Å²) in [5.41, 5.74) is 2.37. The number of furan rings is 1. The van der Waals surface area contributed by atoms with Crippen molar-refractivity contribution in [3.8, 4) is 23.0 Å². The molecule has 0 radical (unpaired) electrons. The number of aromatic nitrogens is 1. The lowest BCUT2D eigenvalue weighted by atomic mass is 10.1. The van der Waals surface area contributed by atoms with Gasteiger partial charge < -0.3 is 23.7 Å². The normalized spacial score (nSPS) is 10.9. The molecule has 0 spiro atoms. The molecule has 2 heterocycles. The Morgan fingerprint density at radius 3 is 2.63 bits per heavy atom. The Labute approximate surface area is 173 Å². The van der Waals surface area contributed by atoms with E-state index in [-0.39, 0.29) is 12.3 Å². The predicted octanol–water partition coefficient (Wildman–Crippen LogP) is 4.01. The van der Waals surface area contributed by atoms with Crippen LogP contribution in [0.25, 0.3) is 22.5 Å². The molecule has 0 aliphatic carbocycles. The molecule has 2 aromatic heterocycles. The van der Waals surface area contributed by atoms with E-state index in [9.17, 15) is 4.79 Å². The third kappa shape index (κ3) is 4.30. The van der Waals surface area contributed by atoms with Gasteiger partial charge in [0.2, 0.25) is 11.7 Å². The summed E-state index contributed by atoms with van der Waals surface area (Å²) in [6, 6.07) is 17.0. The molecule has 30 heavy (non-hydrogen) atoms. The highest BCUT2D eigenvalue weighted by molar-refractivity contribution is 5.82. The largest absolute Gasteiger partial charge is 0.493 e. The van der Waals surface area contributed by atoms with Crippen LogP contribution in [0.3, 0.4) is 0 Å². The number of rotatable bonds is 8. The van der Waals surface area contributed by atoms with Crippen LogP contribution in [-0.4, -0.2) is 31.8 Å². The molecule has 2 aromatic carbocycles. The monoisotopic (exact) mass is 406 g/mol. The van der Waals surface area contributed by atoms with Crippen LogP contribution in [0.1, 0.15) is 11.3 Å². The van der Waals surface area contributed by atoms with Crippen molar-refractivity contribution < 1.29 is 23.2 Å². The van der Waals surface area contributed by atoms with Gasteiger partial charge in [0.15, 0.2) is 17.3 Å². The van der Waals surface area contributed by atoms with Crippen LogP contribution in [0.15, 0.2) is 63.5 Å². The van der Waals surface area contributed by atoms with E-state index in [1.807, 2.05) is 48.5 Å². The first-order valence-electron chi connectivity index (χ1n) is 9.58. The van der Waals surface area contributed by atoms with Crippen molar-refractivity contribution in [3.63, 3.8) is 0 Å². The van der Waals surface area contributed by atoms with Gasteiger partial charge in [-0.25, -0.2) is 0 Å². The second-order valence-corrected chi connectivity index (χ2v) is 6.80. The molecule has 4 aromatic rings. The number of benzene rings is 2. The molecule has 0 fully saturated rings. The highest BCUT2D eigenvalue weighted by Gasteiger charge is 2.14. The lowest BCUT2D eigenvalue weighted by Gasteiger charge is -2.10. The summed E-state index contributed by atoms with van der Waals surface area (Å²) < 4.78 is 21.7. The molecule has 0 atom stereocenters. The lowest BCUT2D eigenvalue weighted by molar-refractivity contribution is -0.120. The van der Waals surface area contributed by atoms with Crippen LogP contribution in [0.5, 0.6) is 11.5 Å². The van der Waals surface area contributed by atoms with Crippen molar-refractivity contribution in [3.05, 3.63) is 65.9 Å². The molecule has 0 saturated carbocycles. The first-order chi connectivity index (χ1) is 14.7. The highest BCUT2D eigenvalue weighted by atomic mass is 16.5. The van der Waals surface area contributed by atoms with Gasteiger partial charge in [-0.1, -0.05) is 29.4 Å². The van der Waals surface area contributed by atoms with Gasteiger partial charge in [0.05, 0.1) is 26.3 Å². The van der Waals surface area contributed by atoms with Crippen LogP contribution in [-0.2, 0) is 17.6 Å². The zero-order chi connectivity index (χ0) is 20.9. The average Bonchev–Trinajstić information content (AvgIpc) is 3.40. The molecule has 1 N–H and O–H groups in total. The molecule has 0 saturated heterocycles. The van der Waals surface area contributed by atoms with Gasteiger partial charge in [-0.05, 0) is 36.2 Å². The summed E-state index contributed by atoms with van der Waals surface area (Å²) in [5, 5.41) is 7.87. The fraction of sp³-hybridized carbons (Fsp3) is 0.217. The lowest BCUT2D eigenvalue weighted by Crippen LogP contribution is -2.27. The number of carbonyl (C=O) groups excluding carboxylic acids is 1. The minimum Gasteiger partial charge on any atom is -0.493 e. The van der Waals surface area contributed by atoms with Gasteiger partial charge in [-0.2, -0.15) is 0 Å². The Morgan fingerprint density at radius 1 is 1.00 bits per heavy atom. The van der Waals surface area contributed by atoms with Gasteiger partial charge in [-0.3, -0.25) is 4.79 Å². The molecule has 4 rings (SSSR count). The van der Waals surface area contributed by atoms with Gasteiger partial charge >= 0.3 is 0 Å². The smallest absolute Gasteiger partial charge is 0.226 e. The molecule has 7 heteroatoms. The minimum absolute atomic E-state index is 0.125. The van der Waals surface area contributed by atoms with Gasteiger partial charge in [0.1, 0.15) is 5.58 Å². The Morgan fingerprint density at radius 2 is 1.83 bits per heavy atom. The van der Waals surface area contributed by atoms with Crippen molar-refractivity contribution in [2.24, 2.45) is 0 Å². The second kappa shape index (κ2) is 8.73. The zero-order valence-corrected chi connectivity index (χ0v) is 16.8. The fourth-order valence-electron chi connectivity index (χ4n) is 3.22. The van der Waals surface area contributed by atoms with E-state index in [1.54, 1.807) is 20.3 Å². The predicted molar refractivity (Wildman–Crippen MR) is 112 cm³/mol. The van der Waals surface area contributed by atoms with Crippen molar-refractivity contribution in [2.75, 3.05) is 20.8 Å². The topological polar surface area (TPSA) is 86.7 Å². The maximum atomic E-state index is 12.3. The number of fused-ring (bicyclic) bond motifs is 1. The summed E-state index contributed by atoms with van der Waals surface area (Å²) in [5.74, 6) is 2.31. The van der Waals surface area contributed by atoms with Crippen molar-refractivity contribution in [1.29, 1.82) is 0 Å². The Kier molecular flexibility index (Phi) is 5.70. The maximum absolute atomic E-state index is 12.3. The Balaban J connectivity index is 1.31. The fourth-order valence-corrected chi connectivity index (χ4v) is 3.22. The highest BCUT2D eigenvalue weighted by Crippen LogP contribution is 2.29. The number of para-hydroxylation sites is 1. The molecule has 1 amide bonds. The molecular formula is C23H22N2O5. The third-order valence-electron chi connectivity index (χ3n) is 4.75. The molecule has 0 aliphatic rings. The Bertz CT molecular complexity index is 1130. The molecule has 0 unspecified atom stereocenters. The molecular weight excluding hydrogens is 384 g/mol. The van der Waals surface area contributed by atoms with E-state index in [0.717, 1.165) is 16.5 Å². The van der Waals surface area contributed by atoms with Gasteiger partial charge in [0, 0.05) is 18.0 Å². The van der Waals surface area contributed by atoms with Gasteiger partial charge in [0.25, 0.3) is 0 Å². The summed E-state index contributed by atoms with van der Waals surface area (Å²) >= 11 is 0. The quantitative estimate of drug-likeness (QED) is 0.476. The van der Waals surface area contributed by atoms with Gasteiger partial charge in [-0.15, -0.1) is 0 Å². The van der Waals surface area contributed by atoms with E-state index in [4.69, 9.17) is 18.4 Å². The maximum Gasteiger partial charge on any atom is 0.226 e. The van der Waals surface area contributed by atoms with E-state index in [1.165, 1.54) is 0 Å². The average molecular weight is 406 g/mol. The van der Waals surface area contributed by atoms with E-state index in [0.29, 0.717) is 41.7 Å². The standard InChI is InChI=1S/C23H22N2O5/c1-27-19-8-7-15(11-20(19)28-2)9-10-24-23(26)14-17-13-22(30-25-17)21-12-16-5-3-4-6-18(16)29-21/h3-8,11-13H,9-10,14H2,1-2H3,(H,24,26). The third-order valence-corrected chi connectivity index (χ3v) is 4.75. The first-order valence-corrected chi connectivity index (χ1v) is 9.58. The van der Waals surface area contributed by atoms with Crippen LogP contribution >= 0.6 is 0 Å². The number of methoxy groups -OCH3 is 2. The number of nitrogens with zero attached hydrogens (tertiary/aromatic N) is 1. The minimum atomic E-state index is -0.125. The Hall–Kier alpha value is -3.74. The zero-order valence-electron chi connectivity index (χ0n) is 16.8. The first kappa shape index (κ1) is 19.6. The van der Waals surface area contributed by atoms with E-state index >= 15 is 0 Å². The van der Waals surface area contributed by atoms with Crippen LogP contribution in [0.4, 0.5) is 0 Å². The summed E-state index contributed by atoms with van der Waals surface area (Å²) in [4.78, 5) is 12.3. The van der Waals surface area contributed by atoms with E-state index in [2.05, 4.69) is 10.5 Å². The van der Waals surface area contributed by atoms with E-state index < -0.39 is 0 Å². The number of amides is 1. The molecule has 154 valence electrons. The van der Waals surface area contributed by atoms with Crippen LogP contribution < -0.4 is 14.8 Å². The van der Waals surface area contributed by atoms with Crippen molar-refractivity contribution in [2.45, 2.75) is 12.8 Å². The molecule has 7 nitrogen and oxygen atoms in total. The summed E-state index contributed by atoms with van der Waals surface area (Å²) in [6.45, 7) is 0.503. The van der Waals surface area contributed by atoms with Crippen molar-refractivity contribution >= 4 is 16.9 Å². The molecule has 0 bridgehead atoms. The summed E-state index contributed by atoms with van der Waals surface area (Å²) in [6.07, 6.45) is 0.810. The number of nitrogens with one attached hydrogen (secondary N) is 1. The van der Waals surface area contributed by atoms with Crippen molar-refractivity contribution in [1.82, 2.24) is 10.5 Å². The number of hydrogen-bond donors (Lipinski definition) is 1. The molecule has 0 aliphatic heterocycles. The van der Waals surface area contributed by atoms with Crippen LogP contribution in [0.2, 0.25) is 0 Å². The second-order valence-electron chi connectivity index (χ2n) is 6.80. The number of hydrogen-bond acceptors (Lipinski definition) is 6. The summed E-state index contributed by atoms with van der Waals surface area (Å²) in [7, 11) is 3.20. The SMILES string of the molecule is COc1ccc(CCNC(=O)Cc2cc(-c3cc4ccccc4o3)on2)cc1OC. The number of carbonyl (C=O) groups is 1. The van der Waals surface area contributed by atoms with Crippen LogP contribution in [0, 0.1) is 0 Å².